The summed E-state index contributed by atoms with van der Waals surface area (Å²) in [5, 5.41) is 11.2. The molecule has 9 atom stereocenters. The molecule has 4 fully saturated rings. The van der Waals surface area contributed by atoms with Gasteiger partial charge in [-0.25, -0.2) is 0 Å². The second-order valence-corrected chi connectivity index (χ2v) is 12.8. The van der Waals surface area contributed by atoms with E-state index in [1.54, 1.807) is 0 Å². The Balaban J connectivity index is 1.42. The van der Waals surface area contributed by atoms with Crippen LogP contribution in [-0.2, 0) is 0 Å². The third kappa shape index (κ3) is 3.95. The van der Waals surface area contributed by atoms with Crippen LogP contribution in [0.15, 0.2) is 11.6 Å². The van der Waals surface area contributed by atoms with Gasteiger partial charge in [-0.3, -0.25) is 0 Å². The number of hydrogen-bond donors (Lipinski definition) is 1. The Bertz CT molecular complexity index is 618. The molecular weight excluding hydrogens is 364 g/mol. The van der Waals surface area contributed by atoms with Crippen LogP contribution in [0.2, 0.25) is 0 Å². The molecule has 1 heteroatoms. The topological polar surface area (TPSA) is 20.2 Å². The van der Waals surface area contributed by atoms with Gasteiger partial charge in [-0.1, -0.05) is 58.1 Å². The number of aliphatic hydroxyl groups excluding tert-OH is 1. The molecule has 30 heavy (non-hydrogen) atoms. The van der Waals surface area contributed by atoms with Crippen LogP contribution in [0.4, 0.5) is 0 Å². The molecule has 172 valence electrons. The maximum absolute atomic E-state index is 11.2. The van der Waals surface area contributed by atoms with Gasteiger partial charge in [0, 0.05) is 0 Å². The molecule has 0 bridgehead atoms. The maximum Gasteiger partial charge on any atom is 0.0576 e. The normalized spacial score (nSPS) is 46.5. The highest BCUT2D eigenvalue weighted by Crippen LogP contribution is 2.68. The van der Waals surface area contributed by atoms with Gasteiger partial charge in [0.1, 0.15) is 0 Å². The highest BCUT2D eigenvalue weighted by Gasteiger charge is 2.61. The van der Waals surface area contributed by atoms with Crippen molar-refractivity contribution in [3.63, 3.8) is 0 Å². The molecule has 0 aromatic carbocycles. The number of aliphatic hydroxyl groups is 1. The Morgan fingerprint density at radius 3 is 2.47 bits per heavy atom. The van der Waals surface area contributed by atoms with Crippen LogP contribution in [0, 0.1) is 46.3 Å². The van der Waals surface area contributed by atoms with Gasteiger partial charge in [0.2, 0.25) is 0 Å². The Hall–Kier alpha value is -0.300. The molecule has 4 aliphatic rings. The minimum absolute atomic E-state index is 0.0227. The van der Waals surface area contributed by atoms with Crippen molar-refractivity contribution in [2.75, 3.05) is 0 Å². The Kier molecular flexibility index (Phi) is 6.80. The molecule has 0 aliphatic heterocycles. The zero-order valence-corrected chi connectivity index (χ0v) is 20.8. The average Bonchev–Trinajstić information content (AvgIpc) is 3.05. The lowest BCUT2D eigenvalue weighted by atomic mass is 9.44. The van der Waals surface area contributed by atoms with E-state index in [9.17, 15) is 5.11 Å². The first-order valence-electron chi connectivity index (χ1n) is 13.6. The smallest absolute Gasteiger partial charge is 0.0576 e. The van der Waals surface area contributed by atoms with E-state index in [0.717, 1.165) is 36.0 Å². The van der Waals surface area contributed by atoms with Crippen molar-refractivity contribution in [2.45, 2.75) is 124 Å². The van der Waals surface area contributed by atoms with E-state index in [1.807, 2.05) is 0 Å². The summed E-state index contributed by atoms with van der Waals surface area (Å²) in [6, 6.07) is 0. The third-order valence-electron chi connectivity index (χ3n) is 11.0. The number of hydrogen-bond acceptors (Lipinski definition) is 1. The number of fused-ring (bicyclic) bond motifs is 5. The van der Waals surface area contributed by atoms with Gasteiger partial charge in [0.25, 0.3) is 0 Å². The van der Waals surface area contributed by atoms with Crippen molar-refractivity contribution in [3.05, 3.63) is 11.6 Å². The van der Waals surface area contributed by atoms with Gasteiger partial charge >= 0.3 is 0 Å². The lowest BCUT2D eigenvalue weighted by Gasteiger charge is -2.62. The first-order valence-corrected chi connectivity index (χ1v) is 13.6. The first kappa shape index (κ1) is 22.9. The number of rotatable bonds is 6. The molecule has 1 N–H and O–H groups in total. The minimum Gasteiger partial charge on any atom is -0.393 e. The standard InChI is InChI=1S/C29H50O/c1-20(2)11-7-6-8-12-21(3)23-14-15-24-22-19-27(30)26-13-9-10-17-28(26,4)25(22)16-18-29(23,24)5/h11,21-27,30H,6-10,12-19H2,1-5H3/t21-,22?,23-,24?,25?,26+,27+,28-,29-/m1/s1. The van der Waals surface area contributed by atoms with Crippen molar-refractivity contribution in [3.8, 4) is 0 Å². The number of unbranched alkanes of at least 4 members (excludes halogenated alkanes) is 2. The van der Waals surface area contributed by atoms with E-state index >= 15 is 0 Å². The van der Waals surface area contributed by atoms with E-state index in [2.05, 4.69) is 40.7 Å². The SMILES string of the molecule is CC(C)=CCCCC[C@@H](C)[C@H]1CCC2C3C[C@H](O)[C@@H]4CCCC[C@]4(C)C3CC[C@@]21C. The zero-order chi connectivity index (χ0) is 21.5. The van der Waals surface area contributed by atoms with E-state index < -0.39 is 0 Å². The summed E-state index contributed by atoms with van der Waals surface area (Å²) >= 11 is 0. The summed E-state index contributed by atoms with van der Waals surface area (Å²) in [4.78, 5) is 0. The summed E-state index contributed by atoms with van der Waals surface area (Å²) < 4.78 is 0. The Morgan fingerprint density at radius 2 is 1.70 bits per heavy atom. The Labute approximate surface area is 187 Å². The molecule has 4 rings (SSSR count). The van der Waals surface area contributed by atoms with Crippen LogP contribution in [-0.4, -0.2) is 11.2 Å². The summed E-state index contributed by atoms with van der Waals surface area (Å²) in [5.41, 5.74) is 2.43. The van der Waals surface area contributed by atoms with Crippen molar-refractivity contribution in [1.29, 1.82) is 0 Å². The average molecular weight is 415 g/mol. The van der Waals surface area contributed by atoms with Crippen LogP contribution in [0.1, 0.15) is 118 Å². The zero-order valence-electron chi connectivity index (χ0n) is 20.8. The van der Waals surface area contributed by atoms with Crippen LogP contribution in [0.3, 0.4) is 0 Å². The van der Waals surface area contributed by atoms with Gasteiger partial charge in [0.15, 0.2) is 0 Å². The summed E-state index contributed by atoms with van der Waals surface area (Å²) in [7, 11) is 0. The number of allylic oxidation sites excluding steroid dienone is 2. The molecule has 3 unspecified atom stereocenters. The molecule has 1 nitrogen and oxygen atoms in total. The quantitative estimate of drug-likeness (QED) is 0.343. The van der Waals surface area contributed by atoms with E-state index in [1.165, 1.54) is 82.6 Å². The van der Waals surface area contributed by atoms with Crippen LogP contribution in [0.25, 0.3) is 0 Å². The lowest BCUT2D eigenvalue weighted by Crippen LogP contribution is -2.57. The molecule has 4 saturated carbocycles. The van der Waals surface area contributed by atoms with Crippen LogP contribution >= 0.6 is 0 Å². The molecule has 0 saturated heterocycles. The predicted octanol–water partition coefficient (Wildman–Crippen LogP) is 8.17. The second kappa shape index (κ2) is 8.92. The molecule has 0 radical (unpaired) electrons. The summed E-state index contributed by atoms with van der Waals surface area (Å²) in [6.45, 7) is 12.3. The fraction of sp³-hybridized carbons (Fsp3) is 0.931. The highest BCUT2D eigenvalue weighted by molar-refractivity contribution is 5.10. The second-order valence-electron chi connectivity index (χ2n) is 12.8. The van der Waals surface area contributed by atoms with E-state index in [0.29, 0.717) is 16.7 Å². The molecule has 4 aliphatic carbocycles. The van der Waals surface area contributed by atoms with Crippen molar-refractivity contribution in [1.82, 2.24) is 0 Å². The van der Waals surface area contributed by atoms with Crippen LogP contribution < -0.4 is 0 Å². The molecule has 0 heterocycles. The largest absolute Gasteiger partial charge is 0.393 e. The van der Waals surface area contributed by atoms with Gasteiger partial charge in [-0.2, -0.15) is 0 Å². The summed E-state index contributed by atoms with van der Waals surface area (Å²) in [5.74, 6) is 4.95. The van der Waals surface area contributed by atoms with Gasteiger partial charge in [-0.05, 0) is 118 Å². The van der Waals surface area contributed by atoms with E-state index in [4.69, 9.17) is 0 Å². The fourth-order valence-electron chi connectivity index (χ4n) is 9.53. The minimum atomic E-state index is -0.0227. The third-order valence-corrected chi connectivity index (χ3v) is 11.0. The highest BCUT2D eigenvalue weighted by atomic mass is 16.3. The van der Waals surface area contributed by atoms with E-state index in [-0.39, 0.29) is 6.10 Å². The molecular formula is C29H50O. The van der Waals surface area contributed by atoms with Crippen LogP contribution in [0.5, 0.6) is 0 Å². The molecule has 0 aromatic rings. The molecule has 0 spiro atoms. The van der Waals surface area contributed by atoms with Crippen molar-refractivity contribution >= 4 is 0 Å². The monoisotopic (exact) mass is 414 g/mol. The Morgan fingerprint density at radius 1 is 0.933 bits per heavy atom. The summed E-state index contributed by atoms with van der Waals surface area (Å²) in [6.07, 6.45) is 20.2. The van der Waals surface area contributed by atoms with Crippen molar-refractivity contribution < 1.29 is 5.11 Å². The maximum atomic E-state index is 11.2. The van der Waals surface area contributed by atoms with Gasteiger partial charge < -0.3 is 5.11 Å². The molecule has 0 aromatic heterocycles. The fourth-order valence-corrected chi connectivity index (χ4v) is 9.53. The first-order chi connectivity index (χ1) is 14.3. The molecule has 0 amide bonds. The van der Waals surface area contributed by atoms with Crippen molar-refractivity contribution in [2.24, 2.45) is 46.3 Å². The lowest BCUT2D eigenvalue weighted by molar-refractivity contribution is -0.159. The van der Waals surface area contributed by atoms with Gasteiger partial charge in [0.05, 0.1) is 6.10 Å². The predicted molar refractivity (Wildman–Crippen MR) is 128 cm³/mol. The van der Waals surface area contributed by atoms with Gasteiger partial charge in [-0.15, -0.1) is 0 Å².